The first-order valence-corrected chi connectivity index (χ1v) is 7.34. The van der Waals surface area contributed by atoms with Gasteiger partial charge in [-0.2, -0.15) is 0 Å². The molecule has 3 nitrogen and oxygen atoms in total. The number of aromatic nitrogens is 1. The highest BCUT2D eigenvalue weighted by Gasteiger charge is 2.36. The molecule has 1 saturated heterocycles. The van der Waals surface area contributed by atoms with Gasteiger partial charge in [0, 0.05) is 36.2 Å². The fraction of sp³-hybridized carbons (Fsp3) is 0.688. The Morgan fingerprint density at radius 3 is 2.85 bits per heavy atom. The van der Waals surface area contributed by atoms with Crippen molar-refractivity contribution in [2.75, 3.05) is 20.2 Å². The number of piperidine rings is 1. The van der Waals surface area contributed by atoms with Crippen LogP contribution in [0.1, 0.15) is 36.6 Å². The summed E-state index contributed by atoms with van der Waals surface area (Å²) in [5.41, 5.74) is 1.53. The van der Waals surface area contributed by atoms with E-state index in [1.165, 1.54) is 0 Å². The maximum absolute atomic E-state index is 15.1. The van der Waals surface area contributed by atoms with E-state index in [1.807, 2.05) is 13.8 Å². The van der Waals surface area contributed by atoms with Gasteiger partial charge in [-0.15, -0.1) is 0 Å². The zero-order valence-corrected chi connectivity index (χ0v) is 12.9. The molecule has 0 radical (unpaired) electrons. The zero-order chi connectivity index (χ0) is 14.8. The summed E-state index contributed by atoms with van der Waals surface area (Å²) in [4.78, 5) is 4.43. The van der Waals surface area contributed by atoms with Crippen LogP contribution in [-0.4, -0.2) is 30.9 Å². The molecule has 20 heavy (non-hydrogen) atoms. The molecule has 0 aromatic carbocycles. The Morgan fingerprint density at radius 1 is 1.50 bits per heavy atom. The number of nitrogens with one attached hydrogen (secondary N) is 1. The Morgan fingerprint density at radius 2 is 2.25 bits per heavy atom. The van der Waals surface area contributed by atoms with Crippen LogP contribution in [0.2, 0.25) is 0 Å². The Bertz CT molecular complexity index is 468. The number of nitrogens with zero attached hydrogens (tertiary/aromatic N) is 1. The number of hydrogen-bond donors (Lipinski definition) is 1. The molecule has 1 fully saturated rings. The number of ether oxygens (including phenoxy) is 1. The van der Waals surface area contributed by atoms with Crippen molar-refractivity contribution < 1.29 is 9.13 Å². The lowest BCUT2D eigenvalue weighted by Crippen LogP contribution is -2.43. The molecular weight excluding hydrogens is 255 g/mol. The molecule has 112 valence electrons. The van der Waals surface area contributed by atoms with E-state index >= 15 is 4.39 Å². The van der Waals surface area contributed by atoms with Gasteiger partial charge in [-0.3, -0.25) is 4.98 Å². The van der Waals surface area contributed by atoms with Crippen LogP contribution in [0.5, 0.6) is 5.75 Å². The third kappa shape index (κ3) is 3.11. The largest absolute Gasteiger partial charge is 0.496 e. The molecule has 2 heterocycles. The van der Waals surface area contributed by atoms with E-state index in [1.54, 1.807) is 20.2 Å². The van der Waals surface area contributed by atoms with Gasteiger partial charge >= 0.3 is 0 Å². The number of aryl methyl sites for hydroxylation is 1. The number of halogens is 1. The average Bonchev–Trinajstić information content (AvgIpc) is 2.44. The Balaban J connectivity index is 2.20. The topological polar surface area (TPSA) is 34.1 Å². The predicted molar refractivity (Wildman–Crippen MR) is 79.1 cm³/mol. The predicted octanol–water partition coefficient (Wildman–Crippen LogP) is 2.98. The summed E-state index contributed by atoms with van der Waals surface area (Å²) in [5, 5.41) is 3.29. The van der Waals surface area contributed by atoms with Crippen LogP contribution in [0.4, 0.5) is 4.39 Å². The molecule has 0 bridgehead atoms. The number of rotatable bonds is 4. The lowest BCUT2D eigenvalue weighted by molar-refractivity contribution is 0.0821. The van der Waals surface area contributed by atoms with Gasteiger partial charge in [0.1, 0.15) is 11.4 Å². The van der Waals surface area contributed by atoms with Crippen LogP contribution < -0.4 is 10.1 Å². The highest BCUT2D eigenvalue weighted by Crippen LogP contribution is 2.33. The first-order chi connectivity index (χ1) is 9.45. The second-order valence-corrected chi connectivity index (χ2v) is 6.04. The second-order valence-electron chi connectivity index (χ2n) is 6.04. The van der Waals surface area contributed by atoms with Gasteiger partial charge in [-0.1, -0.05) is 0 Å². The minimum absolute atomic E-state index is 0.0600. The van der Waals surface area contributed by atoms with Crippen molar-refractivity contribution in [2.24, 2.45) is 5.92 Å². The van der Waals surface area contributed by atoms with Gasteiger partial charge < -0.3 is 10.1 Å². The summed E-state index contributed by atoms with van der Waals surface area (Å²) >= 11 is 0. The van der Waals surface area contributed by atoms with Crippen molar-refractivity contribution in [3.8, 4) is 5.75 Å². The quantitative estimate of drug-likeness (QED) is 0.920. The van der Waals surface area contributed by atoms with Crippen molar-refractivity contribution >= 4 is 0 Å². The fourth-order valence-electron chi connectivity index (χ4n) is 3.09. The maximum atomic E-state index is 15.1. The van der Waals surface area contributed by atoms with Crippen molar-refractivity contribution in [2.45, 2.75) is 45.7 Å². The van der Waals surface area contributed by atoms with E-state index in [2.05, 4.69) is 10.3 Å². The highest BCUT2D eigenvalue weighted by atomic mass is 19.1. The van der Waals surface area contributed by atoms with Gasteiger partial charge in [-0.05, 0) is 40.2 Å². The van der Waals surface area contributed by atoms with E-state index in [4.69, 9.17) is 4.74 Å². The minimum Gasteiger partial charge on any atom is -0.496 e. The molecule has 4 heteroatoms. The molecule has 0 spiro atoms. The molecule has 1 aromatic heterocycles. The van der Waals surface area contributed by atoms with Crippen LogP contribution in [0.25, 0.3) is 0 Å². The van der Waals surface area contributed by atoms with Gasteiger partial charge in [0.25, 0.3) is 0 Å². The average molecular weight is 280 g/mol. The monoisotopic (exact) mass is 280 g/mol. The summed E-state index contributed by atoms with van der Waals surface area (Å²) in [6.07, 6.45) is 4.12. The van der Waals surface area contributed by atoms with Crippen LogP contribution in [-0.2, 0) is 6.42 Å². The molecular formula is C16H25FN2O. The number of methoxy groups -OCH3 is 1. The maximum Gasteiger partial charge on any atom is 0.128 e. The molecule has 0 saturated carbocycles. The van der Waals surface area contributed by atoms with E-state index in [0.717, 1.165) is 48.5 Å². The lowest BCUT2D eigenvalue weighted by Gasteiger charge is -2.34. The summed E-state index contributed by atoms with van der Waals surface area (Å²) in [7, 11) is 1.65. The SMILES string of the molecule is COc1c(C)cnc(CC(C)(F)C2CCCNC2)c1C. The Hall–Kier alpha value is -1.16. The first kappa shape index (κ1) is 15.2. The second kappa shape index (κ2) is 6.08. The standard InChI is InChI=1S/C16H25FN2O/c1-11-9-19-14(12(2)15(11)20-4)8-16(3,17)13-6-5-7-18-10-13/h9,13,18H,5-8,10H2,1-4H3. The van der Waals surface area contributed by atoms with Crippen molar-refractivity contribution in [1.82, 2.24) is 10.3 Å². The molecule has 2 atom stereocenters. The third-order valence-electron chi connectivity index (χ3n) is 4.41. The smallest absolute Gasteiger partial charge is 0.128 e. The molecule has 2 rings (SSSR count). The Labute approximate surface area is 120 Å². The van der Waals surface area contributed by atoms with E-state index < -0.39 is 5.67 Å². The van der Waals surface area contributed by atoms with Crippen LogP contribution in [0.15, 0.2) is 6.20 Å². The number of alkyl halides is 1. The van der Waals surface area contributed by atoms with E-state index in [-0.39, 0.29) is 5.92 Å². The summed E-state index contributed by atoms with van der Waals surface area (Å²) in [5.74, 6) is 0.886. The van der Waals surface area contributed by atoms with Gasteiger partial charge in [0.2, 0.25) is 0 Å². The minimum atomic E-state index is -1.23. The third-order valence-corrected chi connectivity index (χ3v) is 4.41. The van der Waals surface area contributed by atoms with Crippen molar-refractivity contribution in [3.05, 3.63) is 23.0 Å². The van der Waals surface area contributed by atoms with Gasteiger partial charge in [0.15, 0.2) is 0 Å². The zero-order valence-electron chi connectivity index (χ0n) is 12.9. The molecule has 1 aromatic rings. The molecule has 0 amide bonds. The molecule has 1 aliphatic heterocycles. The lowest BCUT2D eigenvalue weighted by atomic mass is 9.81. The summed E-state index contributed by atoms with van der Waals surface area (Å²) < 4.78 is 20.5. The first-order valence-electron chi connectivity index (χ1n) is 7.34. The number of pyridine rings is 1. The van der Waals surface area contributed by atoms with Gasteiger partial charge in [-0.25, -0.2) is 4.39 Å². The molecule has 1 aliphatic rings. The summed E-state index contributed by atoms with van der Waals surface area (Å²) in [6.45, 7) is 7.39. The van der Waals surface area contributed by atoms with Crippen molar-refractivity contribution in [3.63, 3.8) is 0 Å². The van der Waals surface area contributed by atoms with E-state index in [0.29, 0.717) is 6.42 Å². The molecule has 0 aliphatic carbocycles. The van der Waals surface area contributed by atoms with E-state index in [9.17, 15) is 0 Å². The number of hydrogen-bond acceptors (Lipinski definition) is 3. The summed E-state index contributed by atoms with van der Waals surface area (Å²) in [6, 6.07) is 0. The van der Waals surface area contributed by atoms with Gasteiger partial charge in [0.05, 0.1) is 12.8 Å². The van der Waals surface area contributed by atoms with Crippen LogP contribution in [0.3, 0.4) is 0 Å². The Kier molecular flexibility index (Phi) is 4.63. The van der Waals surface area contributed by atoms with Crippen LogP contribution >= 0.6 is 0 Å². The fourth-order valence-corrected chi connectivity index (χ4v) is 3.09. The highest BCUT2D eigenvalue weighted by molar-refractivity contribution is 5.41. The van der Waals surface area contributed by atoms with Crippen LogP contribution in [0, 0.1) is 19.8 Å². The normalized spacial score (nSPS) is 22.4. The molecule has 1 N–H and O–H groups in total. The van der Waals surface area contributed by atoms with Crippen molar-refractivity contribution in [1.29, 1.82) is 0 Å². The molecule has 2 unspecified atom stereocenters.